The van der Waals surface area contributed by atoms with Crippen LogP contribution >= 0.6 is 0 Å². The van der Waals surface area contributed by atoms with Crippen LogP contribution in [-0.2, 0) is 35.1 Å². The van der Waals surface area contributed by atoms with Gasteiger partial charge in [-0.3, -0.25) is 4.18 Å². The van der Waals surface area contributed by atoms with E-state index >= 15 is 0 Å². The van der Waals surface area contributed by atoms with E-state index in [-0.39, 0.29) is 37.6 Å². The Labute approximate surface area is 288 Å². The molecule has 4 rings (SSSR count). The van der Waals surface area contributed by atoms with Crippen LogP contribution in [0.5, 0.6) is 0 Å². The molecular formula is C39H44O9S. The van der Waals surface area contributed by atoms with Crippen molar-refractivity contribution in [1.82, 2.24) is 0 Å². The minimum Gasteiger partial charge on any atom is -0.462 e. The predicted molar refractivity (Wildman–Crippen MR) is 185 cm³/mol. The number of aliphatic hydroxyl groups excluding tert-OH is 1. The van der Waals surface area contributed by atoms with E-state index in [1.54, 1.807) is 79.7 Å². The van der Waals surface area contributed by atoms with Crippen LogP contribution in [0, 0.1) is 18.8 Å². The first-order valence-electron chi connectivity index (χ1n) is 16.3. The van der Waals surface area contributed by atoms with Crippen LogP contribution in [-0.4, -0.2) is 57.0 Å². The first-order chi connectivity index (χ1) is 23.5. The third-order valence-corrected chi connectivity index (χ3v) is 9.72. The highest BCUT2D eigenvalue weighted by Crippen LogP contribution is 2.29. The molecule has 0 radical (unpaired) electrons. The van der Waals surface area contributed by atoms with Gasteiger partial charge in [-0.25, -0.2) is 9.59 Å². The quantitative estimate of drug-likeness (QED) is 0.0890. The van der Waals surface area contributed by atoms with Gasteiger partial charge in [-0.05, 0) is 55.3 Å². The molecule has 0 spiro atoms. The SMILES string of the molecule is Cc1ccc(S(=O)(=O)OCC[C@H](O)[C@@H](C)[C@@H](OCc2ccccc2)[C@H](C)[C@@H](CCOC(=O)c2ccccc2)OC(=O)c2ccccc2)cc1. The molecule has 1 N–H and O–H groups in total. The lowest BCUT2D eigenvalue weighted by atomic mass is 9.84. The minimum absolute atomic E-state index is 0.00728. The molecule has 5 atom stereocenters. The predicted octanol–water partition coefficient (Wildman–Crippen LogP) is 6.78. The summed E-state index contributed by atoms with van der Waals surface area (Å²) in [6.07, 6.45) is -2.29. The number of benzene rings is 4. The van der Waals surface area contributed by atoms with Crippen LogP contribution in [0.15, 0.2) is 120 Å². The zero-order valence-electron chi connectivity index (χ0n) is 28.0. The summed E-state index contributed by atoms with van der Waals surface area (Å²) in [6, 6.07) is 33.0. The fraction of sp³-hybridized carbons (Fsp3) is 0.333. The third-order valence-electron chi connectivity index (χ3n) is 8.39. The van der Waals surface area contributed by atoms with Crippen molar-refractivity contribution in [3.63, 3.8) is 0 Å². The second kappa shape index (κ2) is 18.4. The van der Waals surface area contributed by atoms with Gasteiger partial charge in [-0.2, -0.15) is 8.42 Å². The highest BCUT2D eigenvalue weighted by molar-refractivity contribution is 7.86. The van der Waals surface area contributed by atoms with Crippen molar-refractivity contribution >= 4 is 22.1 Å². The van der Waals surface area contributed by atoms with Crippen LogP contribution in [0.1, 0.15) is 58.5 Å². The van der Waals surface area contributed by atoms with E-state index in [4.69, 9.17) is 18.4 Å². The zero-order valence-corrected chi connectivity index (χ0v) is 28.8. The monoisotopic (exact) mass is 688 g/mol. The average molecular weight is 689 g/mol. The summed E-state index contributed by atoms with van der Waals surface area (Å²) in [5.74, 6) is -2.08. The fourth-order valence-corrected chi connectivity index (χ4v) is 6.35. The van der Waals surface area contributed by atoms with E-state index in [1.165, 1.54) is 12.1 Å². The van der Waals surface area contributed by atoms with Crippen molar-refractivity contribution in [2.75, 3.05) is 13.2 Å². The summed E-state index contributed by atoms with van der Waals surface area (Å²) < 4.78 is 48.8. The maximum Gasteiger partial charge on any atom is 0.338 e. The van der Waals surface area contributed by atoms with Gasteiger partial charge in [-0.1, -0.05) is 98.3 Å². The molecule has 0 saturated heterocycles. The lowest BCUT2D eigenvalue weighted by Crippen LogP contribution is -2.43. The number of ether oxygens (including phenoxy) is 3. The molecule has 260 valence electrons. The molecule has 0 aromatic heterocycles. The van der Waals surface area contributed by atoms with Gasteiger partial charge >= 0.3 is 11.9 Å². The van der Waals surface area contributed by atoms with E-state index in [1.807, 2.05) is 44.2 Å². The molecular weight excluding hydrogens is 644 g/mol. The highest BCUT2D eigenvalue weighted by Gasteiger charge is 2.36. The molecule has 0 unspecified atom stereocenters. The van der Waals surface area contributed by atoms with Gasteiger partial charge in [0.05, 0.1) is 48.1 Å². The minimum atomic E-state index is -4.01. The molecule has 10 heteroatoms. The van der Waals surface area contributed by atoms with Crippen LogP contribution < -0.4 is 0 Å². The van der Waals surface area contributed by atoms with Crippen LogP contribution in [0.4, 0.5) is 0 Å². The Morgan fingerprint density at radius 2 is 1.24 bits per heavy atom. The number of hydrogen-bond acceptors (Lipinski definition) is 9. The van der Waals surface area contributed by atoms with E-state index in [2.05, 4.69) is 0 Å². The van der Waals surface area contributed by atoms with Crippen LogP contribution in [0.2, 0.25) is 0 Å². The maximum atomic E-state index is 13.3. The summed E-state index contributed by atoms with van der Waals surface area (Å²) >= 11 is 0. The molecule has 0 aliphatic carbocycles. The summed E-state index contributed by atoms with van der Waals surface area (Å²) in [6.45, 7) is 5.46. The normalized spacial score (nSPS) is 14.6. The summed E-state index contributed by atoms with van der Waals surface area (Å²) in [7, 11) is -4.01. The van der Waals surface area contributed by atoms with E-state index in [0.717, 1.165) is 11.1 Å². The Morgan fingerprint density at radius 3 is 1.84 bits per heavy atom. The maximum absolute atomic E-state index is 13.3. The van der Waals surface area contributed by atoms with Gasteiger partial charge in [0, 0.05) is 18.3 Å². The third kappa shape index (κ3) is 11.4. The Hall–Kier alpha value is -4.35. The van der Waals surface area contributed by atoms with Crippen molar-refractivity contribution in [2.24, 2.45) is 11.8 Å². The molecule has 4 aromatic carbocycles. The Morgan fingerprint density at radius 1 is 0.694 bits per heavy atom. The van der Waals surface area contributed by atoms with E-state index < -0.39 is 52.2 Å². The van der Waals surface area contributed by atoms with Crippen LogP contribution in [0.25, 0.3) is 0 Å². The lowest BCUT2D eigenvalue weighted by molar-refractivity contribution is -0.0998. The molecule has 0 fully saturated rings. The molecule has 0 saturated carbocycles. The van der Waals surface area contributed by atoms with Gasteiger partial charge in [0.1, 0.15) is 6.10 Å². The average Bonchev–Trinajstić information content (AvgIpc) is 3.12. The van der Waals surface area contributed by atoms with Crippen molar-refractivity contribution < 1.29 is 41.5 Å². The van der Waals surface area contributed by atoms with Crippen molar-refractivity contribution in [1.29, 1.82) is 0 Å². The number of rotatable bonds is 18. The second-order valence-corrected chi connectivity index (χ2v) is 13.6. The highest BCUT2D eigenvalue weighted by atomic mass is 32.2. The van der Waals surface area contributed by atoms with E-state index in [9.17, 15) is 23.1 Å². The Balaban J connectivity index is 1.50. The van der Waals surface area contributed by atoms with E-state index in [0.29, 0.717) is 11.1 Å². The number of aliphatic hydroxyl groups is 1. The first kappa shape index (κ1) is 37.5. The first-order valence-corrected chi connectivity index (χ1v) is 17.7. The molecule has 9 nitrogen and oxygen atoms in total. The molecule has 0 aliphatic rings. The lowest BCUT2D eigenvalue weighted by Gasteiger charge is -2.36. The summed E-state index contributed by atoms with van der Waals surface area (Å²) in [4.78, 5) is 26.0. The van der Waals surface area contributed by atoms with Crippen molar-refractivity contribution in [3.05, 3.63) is 138 Å². The van der Waals surface area contributed by atoms with Crippen LogP contribution in [0.3, 0.4) is 0 Å². The number of esters is 2. The summed E-state index contributed by atoms with van der Waals surface area (Å²) in [5, 5.41) is 11.3. The Kier molecular flexibility index (Phi) is 14.1. The van der Waals surface area contributed by atoms with Gasteiger partial charge in [0.15, 0.2) is 0 Å². The van der Waals surface area contributed by atoms with Gasteiger partial charge in [-0.15, -0.1) is 0 Å². The number of aryl methyl sites for hydroxylation is 1. The van der Waals surface area contributed by atoms with Gasteiger partial charge in [0.2, 0.25) is 0 Å². The molecule has 0 heterocycles. The standard InChI is InChI=1S/C39H44O9S/c1-28-19-21-34(22-20-28)49(43,44)47-26-23-35(40)29(2)37(46-27-31-13-7-4-8-14-31)30(3)36(48-39(42)33-17-11-6-12-18-33)24-25-45-38(41)32-15-9-5-10-16-32/h4-22,29-30,35-37,40H,23-27H2,1-3H3/t29-,30-,35+,36-,37-/m1/s1. The number of carbonyl (C=O) groups excluding carboxylic acids is 2. The molecule has 0 bridgehead atoms. The second-order valence-electron chi connectivity index (χ2n) is 12.0. The van der Waals surface area contributed by atoms with Crippen molar-refractivity contribution in [3.8, 4) is 0 Å². The topological polar surface area (TPSA) is 125 Å². The van der Waals surface area contributed by atoms with Crippen molar-refractivity contribution in [2.45, 2.75) is 63.4 Å². The fourth-order valence-electron chi connectivity index (χ4n) is 5.43. The molecule has 4 aromatic rings. The summed E-state index contributed by atoms with van der Waals surface area (Å²) in [5.41, 5.74) is 2.59. The number of carbonyl (C=O) groups is 2. The number of hydrogen-bond donors (Lipinski definition) is 1. The molecule has 0 amide bonds. The Bertz CT molecular complexity index is 1700. The van der Waals surface area contributed by atoms with Gasteiger partial charge < -0.3 is 19.3 Å². The molecule has 49 heavy (non-hydrogen) atoms. The molecule has 0 aliphatic heterocycles. The smallest absolute Gasteiger partial charge is 0.338 e. The van der Waals surface area contributed by atoms with Gasteiger partial charge in [0.25, 0.3) is 10.1 Å². The largest absolute Gasteiger partial charge is 0.462 e. The zero-order chi connectivity index (χ0) is 35.2.